The zero-order valence-electron chi connectivity index (χ0n) is 9.64. The molecule has 84 valence electrons. The van der Waals surface area contributed by atoms with Gasteiger partial charge in [-0.3, -0.25) is 0 Å². The lowest BCUT2D eigenvalue weighted by Crippen LogP contribution is -1.96. The molecule has 0 radical (unpaired) electrons. The van der Waals surface area contributed by atoms with Crippen molar-refractivity contribution in [1.82, 2.24) is 0 Å². The molecule has 0 bridgehead atoms. The van der Waals surface area contributed by atoms with Crippen molar-refractivity contribution < 1.29 is 0 Å². The lowest BCUT2D eigenvalue weighted by Gasteiger charge is -2.06. The van der Waals surface area contributed by atoms with Crippen LogP contribution in [0.3, 0.4) is 0 Å². The number of hydrogen-bond acceptors (Lipinski definition) is 3. The maximum atomic E-state index is 8.68. The molecule has 0 atom stereocenters. The predicted octanol–water partition coefficient (Wildman–Crippen LogP) is 3.34. The zero-order chi connectivity index (χ0) is 12.5. The first-order valence-corrected chi connectivity index (χ1v) is 5.33. The molecule has 0 fully saturated rings. The Labute approximate surface area is 101 Å². The van der Waals surface area contributed by atoms with Crippen LogP contribution in [-0.2, 0) is 0 Å². The van der Waals surface area contributed by atoms with E-state index in [0.717, 1.165) is 17.8 Å². The van der Waals surface area contributed by atoms with Gasteiger partial charge in [0.2, 0.25) is 0 Å². The van der Waals surface area contributed by atoms with E-state index in [4.69, 9.17) is 10.5 Å². The molecule has 1 aromatic carbocycles. The van der Waals surface area contributed by atoms with Crippen LogP contribution < -0.4 is 5.32 Å². The van der Waals surface area contributed by atoms with E-state index in [1.165, 1.54) is 6.08 Å². The predicted molar refractivity (Wildman–Crippen MR) is 67.9 cm³/mol. The van der Waals surface area contributed by atoms with Crippen LogP contribution in [0.4, 0.5) is 5.69 Å². The second-order valence-corrected chi connectivity index (χ2v) is 3.34. The van der Waals surface area contributed by atoms with Crippen molar-refractivity contribution >= 4 is 5.69 Å². The number of nitrogens with zero attached hydrogens (tertiary/aromatic N) is 2. The number of rotatable bonds is 4. The van der Waals surface area contributed by atoms with Gasteiger partial charge in [0, 0.05) is 17.5 Å². The van der Waals surface area contributed by atoms with E-state index >= 15 is 0 Å². The lowest BCUT2D eigenvalue weighted by molar-refractivity contribution is 1.20. The minimum atomic E-state index is 0.629. The quantitative estimate of drug-likeness (QED) is 0.629. The fourth-order valence-electron chi connectivity index (χ4n) is 1.30. The van der Waals surface area contributed by atoms with Gasteiger partial charge in [-0.2, -0.15) is 10.5 Å². The summed E-state index contributed by atoms with van der Waals surface area (Å²) in [4.78, 5) is 0. The van der Waals surface area contributed by atoms with E-state index < -0.39 is 0 Å². The fourth-order valence-corrected chi connectivity index (χ4v) is 1.30. The first kappa shape index (κ1) is 12.5. The summed E-state index contributed by atoms with van der Waals surface area (Å²) < 4.78 is 0. The van der Waals surface area contributed by atoms with Crippen molar-refractivity contribution in [1.29, 1.82) is 10.5 Å². The van der Waals surface area contributed by atoms with Crippen LogP contribution in [0.5, 0.6) is 0 Å². The highest BCUT2D eigenvalue weighted by molar-refractivity contribution is 5.53. The molecule has 17 heavy (non-hydrogen) atoms. The third kappa shape index (κ3) is 4.24. The molecule has 1 aromatic rings. The van der Waals surface area contributed by atoms with E-state index in [2.05, 4.69) is 11.4 Å². The van der Waals surface area contributed by atoms with E-state index in [-0.39, 0.29) is 0 Å². The number of nitrogens with one attached hydrogen (secondary N) is 1. The molecule has 0 aliphatic rings. The molecular weight excluding hydrogens is 210 g/mol. The molecular formula is C14H13N3. The largest absolute Gasteiger partial charge is 0.356 e. The van der Waals surface area contributed by atoms with Crippen LogP contribution in [0.1, 0.15) is 18.9 Å². The molecule has 0 unspecified atom stereocenters. The minimum absolute atomic E-state index is 0.629. The summed E-state index contributed by atoms with van der Waals surface area (Å²) >= 11 is 0. The van der Waals surface area contributed by atoms with Gasteiger partial charge in [0.1, 0.15) is 0 Å². The average Bonchev–Trinajstić information content (AvgIpc) is 2.37. The summed E-state index contributed by atoms with van der Waals surface area (Å²) in [6, 6.07) is 11.2. The third-order valence-corrected chi connectivity index (χ3v) is 2.06. The van der Waals surface area contributed by atoms with Crippen molar-refractivity contribution in [3.05, 3.63) is 53.8 Å². The highest BCUT2D eigenvalue weighted by atomic mass is 14.9. The summed E-state index contributed by atoms with van der Waals surface area (Å²) in [5.41, 5.74) is 2.40. The van der Waals surface area contributed by atoms with Crippen LogP contribution in [0.25, 0.3) is 0 Å². The van der Waals surface area contributed by atoms with Crippen molar-refractivity contribution in [3.63, 3.8) is 0 Å². The number of anilines is 1. The van der Waals surface area contributed by atoms with Crippen LogP contribution >= 0.6 is 0 Å². The summed E-state index contributed by atoms with van der Waals surface area (Å²) in [5, 5.41) is 20.4. The number of hydrogen-bond donors (Lipinski definition) is 1. The van der Waals surface area contributed by atoms with Crippen molar-refractivity contribution in [2.75, 3.05) is 5.32 Å². The second-order valence-electron chi connectivity index (χ2n) is 3.34. The Morgan fingerprint density at radius 1 is 1.29 bits per heavy atom. The van der Waals surface area contributed by atoms with E-state index in [1.807, 2.05) is 31.2 Å². The Balaban J connectivity index is 2.80. The summed E-state index contributed by atoms with van der Waals surface area (Å²) in [5.74, 6) is 0. The van der Waals surface area contributed by atoms with Gasteiger partial charge in [0.25, 0.3) is 0 Å². The lowest BCUT2D eigenvalue weighted by atomic mass is 10.2. The van der Waals surface area contributed by atoms with Crippen LogP contribution in [0.15, 0.2) is 48.2 Å². The first-order valence-electron chi connectivity index (χ1n) is 5.33. The van der Waals surface area contributed by atoms with Gasteiger partial charge < -0.3 is 5.32 Å². The van der Waals surface area contributed by atoms with Gasteiger partial charge in [-0.05, 0) is 36.8 Å². The summed E-state index contributed by atoms with van der Waals surface area (Å²) in [6.07, 6.45) is 6.03. The topological polar surface area (TPSA) is 59.6 Å². The highest BCUT2D eigenvalue weighted by Gasteiger charge is 1.95. The van der Waals surface area contributed by atoms with Gasteiger partial charge in [-0.25, -0.2) is 0 Å². The molecule has 0 aliphatic carbocycles. The summed E-state index contributed by atoms with van der Waals surface area (Å²) in [7, 11) is 0. The molecule has 0 spiro atoms. The Kier molecular flexibility index (Phi) is 5.07. The summed E-state index contributed by atoms with van der Waals surface area (Å²) in [6.45, 7) is 2.03. The standard InChI is InChI=1S/C14H13N3/c1-2-4-13(5-3-10-15)17-14-8-6-12(11-16)7-9-14/h3-9,17H,2H2,1H3/b5-3-,13-4+. The molecule has 0 saturated heterocycles. The highest BCUT2D eigenvalue weighted by Crippen LogP contribution is 2.12. The van der Waals surface area contributed by atoms with Crippen LogP contribution in [0, 0.1) is 22.7 Å². The number of allylic oxidation sites excluding steroid dienone is 3. The van der Waals surface area contributed by atoms with Gasteiger partial charge in [-0.15, -0.1) is 0 Å². The third-order valence-electron chi connectivity index (χ3n) is 2.06. The molecule has 0 aromatic heterocycles. The Hall–Kier alpha value is -2.52. The minimum Gasteiger partial charge on any atom is -0.356 e. The van der Waals surface area contributed by atoms with Crippen LogP contribution in [0.2, 0.25) is 0 Å². The van der Waals surface area contributed by atoms with Gasteiger partial charge >= 0.3 is 0 Å². The van der Waals surface area contributed by atoms with E-state index in [0.29, 0.717) is 5.56 Å². The average molecular weight is 223 g/mol. The Bertz CT molecular complexity index is 496. The molecule has 0 amide bonds. The smallest absolute Gasteiger partial charge is 0.0991 e. The Morgan fingerprint density at radius 3 is 2.53 bits per heavy atom. The normalized spacial score (nSPS) is 10.9. The molecule has 0 aliphatic heterocycles. The van der Waals surface area contributed by atoms with Crippen molar-refractivity contribution in [2.24, 2.45) is 0 Å². The zero-order valence-corrected chi connectivity index (χ0v) is 9.64. The van der Waals surface area contributed by atoms with Gasteiger partial charge in [0.05, 0.1) is 17.7 Å². The van der Waals surface area contributed by atoms with Gasteiger partial charge in [-0.1, -0.05) is 13.0 Å². The Morgan fingerprint density at radius 2 is 2.00 bits per heavy atom. The number of benzene rings is 1. The molecule has 0 saturated carbocycles. The maximum Gasteiger partial charge on any atom is 0.0991 e. The first-order chi connectivity index (χ1) is 8.30. The number of nitriles is 2. The van der Waals surface area contributed by atoms with Gasteiger partial charge in [0.15, 0.2) is 0 Å². The second kappa shape index (κ2) is 6.87. The molecule has 0 heterocycles. The molecule has 1 rings (SSSR count). The monoisotopic (exact) mass is 223 g/mol. The maximum absolute atomic E-state index is 8.68. The molecule has 1 N–H and O–H groups in total. The molecule has 3 heteroatoms. The van der Waals surface area contributed by atoms with Crippen LogP contribution in [-0.4, -0.2) is 0 Å². The molecule has 3 nitrogen and oxygen atoms in total. The van der Waals surface area contributed by atoms with Crippen molar-refractivity contribution in [3.8, 4) is 12.1 Å². The van der Waals surface area contributed by atoms with E-state index in [1.54, 1.807) is 18.2 Å². The SMILES string of the molecule is CC/C=C(\C=C/C#N)Nc1ccc(C#N)cc1. The van der Waals surface area contributed by atoms with Crippen molar-refractivity contribution in [2.45, 2.75) is 13.3 Å². The van der Waals surface area contributed by atoms with E-state index in [9.17, 15) is 0 Å². The fraction of sp³-hybridized carbons (Fsp3) is 0.143.